The maximum atomic E-state index is 12.1. The minimum absolute atomic E-state index is 0.0921. The van der Waals surface area contributed by atoms with E-state index in [9.17, 15) is 4.79 Å². The number of hydrogen-bond acceptors (Lipinski definition) is 5. The standard InChI is InChI=1S/C14H13N5O/c15-9-19-7-5-11(8-19)14(20)18-12-4-3-10-2-1-6-16-13(10)17-12/h1-4,6,11H,5,7-8H2,(H,16,17,18,20)/t11-/m0/s1. The van der Waals surface area contributed by atoms with Gasteiger partial charge in [0.25, 0.3) is 0 Å². The molecule has 1 amide bonds. The van der Waals surface area contributed by atoms with Crippen LogP contribution in [0.2, 0.25) is 0 Å². The van der Waals surface area contributed by atoms with Gasteiger partial charge >= 0.3 is 0 Å². The lowest BCUT2D eigenvalue weighted by molar-refractivity contribution is -0.119. The first-order valence-corrected chi connectivity index (χ1v) is 6.43. The van der Waals surface area contributed by atoms with Gasteiger partial charge in [-0.2, -0.15) is 5.26 Å². The largest absolute Gasteiger partial charge is 0.310 e. The predicted octanol–water partition coefficient (Wildman–Crippen LogP) is 1.37. The first kappa shape index (κ1) is 12.4. The Bertz CT molecular complexity index is 693. The number of nitrogens with zero attached hydrogens (tertiary/aromatic N) is 4. The van der Waals surface area contributed by atoms with Gasteiger partial charge in [-0.05, 0) is 30.7 Å². The first-order chi connectivity index (χ1) is 9.76. The van der Waals surface area contributed by atoms with E-state index < -0.39 is 0 Å². The lowest BCUT2D eigenvalue weighted by atomic mass is 10.1. The number of hydrogen-bond donors (Lipinski definition) is 1. The monoisotopic (exact) mass is 267 g/mol. The van der Waals surface area contributed by atoms with Crippen molar-refractivity contribution in [3.8, 4) is 6.19 Å². The summed E-state index contributed by atoms with van der Waals surface area (Å²) < 4.78 is 0. The molecule has 6 nitrogen and oxygen atoms in total. The van der Waals surface area contributed by atoms with Crippen molar-refractivity contribution in [1.82, 2.24) is 14.9 Å². The van der Waals surface area contributed by atoms with Crippen molar-refractivity contribution in [3.63, 3.8) is 0 Å². The Balaban J connectivity index is 1.73. The molecule has 20 heavy (non-hydrogen) atoms. The van der Waals surface area contributed by atoms with E-state index in [1.165, 1.54) is 0 Å². The molecule has 1 aliphatic heterocycles. The molecule has 1 aliphatic rings. The van der Waals surface area contributed by atoms with E-state index in [4.69, 9.17) is 5.26 Å². The number of rotatable bonds is 2. The van der Waals surface area contributed by atoms with Crippen molar-refractivity contribution in [2.24, 2.45) is 5.92 Å². The highest BCUT2D eigenvalue weighted by atomic mass is 16.2. The number of carbonyl (C=O) groups is 1. The van der Waals surface area contributed by atoms with E-state index in [0.29, 0.717) is 31.0 Å². The number of nitriles is 1. The summed E-state index contributed by atoms with van der Waals surface area (Å²) in [5.74, 6) is 0.248. The van der Waals surface area contributed by atoms with Crippen molar-refractivity contribution in [1.29, 1.82) is 5.26 Å². The number of amides is 1. The van der Waals surface area contributed by atoms with Crippen molar-refractivity contribution in [3.05, 3.63) is 30.5 Å². The average Bonchev–Trinajstić information content (AvgIpc) is 2.96. The smallest absolute Gasteiger partial charge is 0.230 e. The number of aromatic nitrogens is 2. The molecule has 1 N–H and O–H groups in total. The van der Waals surface area contributed by atoms with Gasteiger partial charge in [0.2, 0.25) is 5.91 Å². The second-order valence-corrected chi connectivity index (χ2v) is 4.77. The number of pyridine rings is 2. The van der Waals surface area contributed by atoms with Crippen LogP contribution >= 0.6 is 0 Å². The summed E-state index contributed by atoms with van der Waals surface area (Å²) in [4.78, 5) is 22.2. The van der Waals surface area contributed by atoms with Crippen LogP contribution in [0.1, 0.15) is 6.42 Å². The zero-order chi connectivity index (χ0) is 13.9. The van der Waals surface area contributed by atoms with Gasteiger partial charge in [0, 0.05) is 24.7 Å². The van der Waals surface area contributed by atoms with E-state index in [0.717, 1.165) is 5.39 Å². The molecule has 6 heteroatoms. The quantitative estimate of drug-likeness (QED) is 0.831. The molecule has 2 aromatic rings. The molecule has 0 spiro atoms. The Hall–Kier alpha value is -2.68. The molecule has 1 saturated heterocycles. The second-order valence-electron chi connectivity index (χ2n) is 4.77. The molecule has 0 bridgehead atoms. The van der Waals surface area contributed by atoms with Crippen LogP contribution in [-0.2, 0) is 4.79 Å². The Kier molecular flexibility index (Phi) is 3.17. The summed E-state index contributed by atoms with van der Waals surface area (Å²) in [6, 6.07) is 7.40. The number of carbonyl (C=O) groups excluding carboxylic acids is 1. The Morgan fingerprint density at radius 1 is 1.45 bits per heavy atom. The highest BCUT2D eigenvalue weighted by Crippen LogP contribution is 2.18. The minimum Gasteiger partial charge on any atom is -0.310 e. The van der Waals surface area contributed by atoms with Crippen molar-refractivity contribution >= 4 is 22.8 Å². The van der Waals surface area contributed by atoms with E-state index in [-0.39, 0.29) is 11.8 Å². The summed E-state index contributed by atoms with van der Waals surface area (Å²) >= 11 is 0. The predicted molar refractivity (Wildman–Crippen MR) is 73.5 cm³/mol. The fourth-order valence-corrected chi connectivity index (χ4v) is 2.32. The summed E-state index contributed by atoms with van der Waals surface area (Å²) in [5.41, 5.74) is 0.607. The van der Waals surface area contributed by atoms with E-state index in [1.807, 2.05) is 18.2 Å². The zero-order valence-electron chi connectivity index (χ0n) is 10.8. The number of nitrogens with one attached hydrogen (secondary N) is 1. The molecular formula is C14H13N5O. The van der Waals surface area contributed by atoms with Crippen LogP contribution in [0.3, 0.4) is 0 Å². The van der Waals surface area contributed by atoms with Crippen molar-refractivity contribution < 1.29 is 4.79 Å². The fraction of sp³-hybridized carbons (Fsp3) is 0.286. The van der Waals surface area contributed by atoms with Gasteiger partial charge in [0.1, 0.15) is 5.82 Å². The van der Waals surface area contributed by atoms with Gasteiger partial charge in [0.15, 0.2) is 11.8 Å². The van der Waals surface area contributed by atoms with Crippen LogP contribution in [0.15, 0.2) is 30.5 Å². The molecule has 1 fully saturated rings. The summed E-state index contributed by atoms with van der Waals surface area (Å²) in [6.45, 7) is 1.12. The molecule has 0 unspecified atom stereocenters. The number of likely N-dealkylation sites (tertiary alicyclic amines) is 1. The van der Waals surface area contributed by atoms with Gasteiger partial charge in [0.05, 0.1) is 5.92 Å². The normalized spacial score (nSPS) is 17.9. The molecule has 100 valence electrons. The number of fused-ring (bicyclic) bond motifs is 1. The Labute approximate surface area is 116 Å². The Morgan fingerprint density at radius 2 is 2.35 bits per heavy atom. The summed E-state index contributed by atoms with van der Waals surface area (Å²) in [6.07, 6.45) is 4.43. The van der Waals surface area contributed by atoms with Crippen LogP contribution in [0.4, 0.5) is 5.82 Å². The molecule has 1 atom stereocenters. The highest BCUT2D eigenvalue weighted by molar-refractivity contribution is 5.93. The molecule has 0 aromatic carbocycles. The SMILES string of the molecule is N#CN1CC[C@H](C(=O)Nc2ccc3cccnc3n2)C1. The van der Waals surface area contributed by atoms with Gasteiger partial charge < -0.3 is 10.2 Å². The van der Waals surface area contributed by atoms with Gasteiger partial charge in [-0.15, -0.1) is 0 Å². The minimum atomic E-state index is -0.157. The molecule has 2 aromatic heterocycles. The lowest BCUT2D eigenvalue weighted by Crippen LogP contribution is -2.25. The molecule has 3 heterocycles. The molecular weight excluding hydrogens is 254 g/mol. The van der Waals surface area contributed by atoms with Crippen LogP contribution in [-0.4, -0.2) is 33.9 Å². The maximum Gasteiger partial charge on any atom is 0.230 e. The second kappa shape index (κ2) is 5.13. The Morgan fingerprint density at radius 3 is 3.15 bits per heavy atom. The maximum absolute atomic E-state index is 12.1. The van der Waals surface area contributed by atoms with Gasteiger partial charge in [-0.25, -0.2) is 9.97 Å². The average molecular weight is 267 g/mol. The van der Waals surface area contributed by atoms with E-state index in [2.05, 4.69) is 21.5 Å². The third kappa shape index (κ3) is 2.38. The zero-order valence-corrected chi connectivity index (χ0v) is 10.8. The van der Waals surface area contributed by atoms with E-state index in [1.54, 1.807) is 17.2 Å². The summed E-state index contributed by atoms with van der Waals surface area (Å²) in [7, 11) is 0. The third-order valence-corrected chi connectivity index (χ3v) is 3.42. The van der Waals surface area contributed by atoms with Gasteiger partial charge in [-0.1, -0.05) is 0 Å². The van der Waals surface area contributed by atoms with Crippen molar-refractivity contribution in [2.75, 3.05) is 18.4 Å². The fourth-order valence-electron chi connectivity index (χ4n) is 2.32. The van der Waals surface area contributed by atoms with Crippen LogP contribution < -0.4 is 5.32 Å². The third-order valence-electron chi connectivity index (χ3n) is 3.42. The molecule has 0 radical (unpaired) electrons. The molecule has 0 aliphatic carbocycles. The highest BCUT2D eigenvalue weighted by Gasteiger charge is 2.27. The molecule has 0 saturated carbocycles. The molecule has 3 rings (SSSR count). The summed E-state index contributed by atoms with van der Waals surface area (Å²) in [5, 5.41) is 12.5. The number of anilines is 1. The lowest BCUT2D eigenvalue weighted by Gasteiger charge is -2.10. The van der Waals surface area contributed by atoms with E-state index >= 15 is 0 Å². The van der Waals surface area contributed by atoms with Crippen LogP contribution in [0, 0.1) is 17.4 Å². The van der Waals surface area contributed by atoms with Crippen LogP contribution in [0.5, 0.6) is 0 Å². The van der Waals surface area contributed by atoms with Gasteiger partial charge in [-0.3, -0.25) is 4.79 Å². The van der Waals surface area contributed by atoms with Crippen molar-refractivity contribution in [2.45, 2.75) is 6.42 Å². The van der Waals surface area contributed by atoms with Crippen LogP contribution in [0.25, 0.3) is 11.0 Å². The first-order valence-electron chi connectivity index (χ1n) is 6.43. The topological polar surface area (TPSA) is 81.9 Å².